The number of primary amides is 1. The third-order valence-electron chi connectivity index (χ3n) is 8.28. The first-order valence-corrected chi connectivity index (χ1v) is 12.3. The fourth-order valence-electron chi connectivity index (χ4n) is 6.41. The van der Waals surface area contributed by atoms with E-state index in [-0.39, 0.29) is 42.0 Å². The van der Waals surface area contributed by atoms with Crippen molar-refractivity contribution in [2.75, 3.05) is 0 Å². The van der Waals surface area contributed by atoms with Crippen molar-refractivity contribution in [2.24, 2.45) is 35.1 Å². The number of hydrogen-bond donors (Lipinski definition) is 4. The second kappa shape index (κ2) is 8.78. The maximum absolute atomic E-state index is 13.9. The van der Waals surface area contributed by atoms with Gasteiger partial charge in [0.2, 0.25) is 5.91 Å². The van der Waals surface area contributed by atoms with Crippen molar-refractivity contribution in [1.82, 2.24) is 0 Å². The molecule has 0 spiro atoms. The zero-order valence-corrected chi connectivity index (χ0v) is 20.5. The van der Waals surface area contributed by atoms with E-state index in [1.54, 1.807) is 30.3 Å². The standard InChI is InChI=1S/C28H26N2O8/c1-11(31)12-3-2-4-13(5-12)17-8-15(10-29)23(33)21-18(17)7-14-6-16-9-19(32)22(27(30)37)26(36)28(16,38)25(35)20(14)24(21)34/h2-5,8,14,16,20,22,33,38H,6-7,9-10,29H2,1H3,(H2,30,37)/t14-,16+,20?,22?,28+/m1/s1. The zero-order valence-electron chi connectivity index (χ0n) is 20.5. The van der Waals surface area contributed by atoms with Gasteiger partial charge in [0.1, 0.15) is 5.75 Å². The number of carbonyl (C=O) groups is 6. The fourth-order valence-corrected chi connectivity index (χ4v) is 6.41. The number of Topliss-reactive ketones (excluding diaryl/α,β-unsaturated/α-hetero) is 5. The predicted octanol–water partition coefficient (Wildman–Crippen LogP) is 0.655. The van der Waals surface area contributed by atoms with Crippen molar-refractivity contribution in [3.05, 3.63) is 52.6 Å². The summed E-state index contributed by atoms with van der Waals surface area (Å²) < 4.78 is 0. The monoisotopic (exact) mass is 518 g/mol. The molecule has 2 saturated carbocycles. The molecule has 0 aromatic heterocycles. The molecule has 196 valence electrons. The minimum atomic E-state index is -2.71. The molecular formula is C28H26N2O8. The van der Waals surface area contributed by atoms with Crippen LogP contribution in [0.4, 0.5) is 0 Å². The molecule has 0 bridgehead atoms. The van der Waals surface area contributed by atoms with Crippen LogP contribution in [0, 0.1) is 23.7 Å². The van der Waals surface area contributed by atoms with Gasteiger partial charge >= 0.3 is 0 Å². The minimum absolute atomic E-state index is 0.00657. The third kappa shape index (κ3) is 3.48. The number of fused-ring (bicyclic) bond motifs is 3. The molecule has 2 unspecified atom stereocenters. The average Bonchev–Trinajstić information content (AvgIpc) is 2.86. The summed E-state index contributed by atoms with van der Waals surface area (Å²) in [5, 5.41) is 22.3. The fraction of sp³-hybridized carbons (Fsp3) is 0.357. The number of rotatable bonds is 4. The Morgan fingerprint density at radius 2 is 1.79 bits per heavy atom. The van der Waals surface area contributed by atoms with Crippen LogP contribution in [0.5, 0.6) is 5.75 Å². The molecule has 10 heteroatoms. The van der Waals surface area contributed by atoms with Gasteiger partial charge in [-0.3, -0.25) is 28.8 Å². The molecule has 38 heavy (non-hydrogen) atoms. The van der Waals surface area contributed by atoms with Crippen LogP contribution in [-0.2, 0) is 32.1 Å². The first kappa shape index (κ1) is 25.6. The van der Waals surface area contributed by atoms with Crippen LogP contribution in [0.2, 0.25) is 0 Å². The van der Waals surface area contributed by atoms with Gasteiger partial charge in [-0.15, -0.1) is 0 Å². The predicted molar refractivity (Wildman–Crippen MR) is 132 cm³/mol. The summed E-state index contributed by atoms with van der Waals surface area (Å²) >= 11 is 0. The smallest absolute Gasteiger partial charge is 0.235 e. The van der Waals surface area contributed by atoms with Crippen LogP contribution >= 0.6 is 0 Å². The molecule has 0 heterocycles. The maximum Gasteiger partial charge on any atom is 0.235 e. The Morgan fingerprint density at radius 3 is 2.42 bits per heavy atom. The van der Waals surface area contributed by atoms with Gasteiger partial charge in [-0.25, -0.2) is 0 Å². The van der Waals surface area contributed by atoms with Gasteiger partial charge in [-0.2, -0.15) is 0 Å². The minimum Gasteiger partial charge on any atom is -0.507 e. The van der Waals surface area contributed by atoms with E-state index in [1.807, 2.05) is 0 Å². The molecule has 1 amide bonds. The van der Waals surface area contributed by atoms with Crippen molar-refractivity contribution < 1.29 is 39.0 Å². The molecule has 3 aliphatic rings. The van der Waals surface area contributed by atoms with Crippen molar-refractivity contribution in [1.29, 1.82) is 0 Å². The highest BCUT2D eigenvalue weighted by molar-refractivity contribution is 6.31. The molecular weight excluding hydrogens is 492 g/mol. The number of carbonyl (C=O) groups excluding carboxylic acids is 6. The largest absolute Gasteiger partial charge is 0.507 e. The van der Waals surface area contributed by atoms with Crippen LogP contribution in [0.3, 0.4) is 0 Å². The number of aromatic hydroxyl groups is 1. The lowest BCUT2D eigenvalue weighted by atomic mass is 9.53. The summed E-state index contributed by atoms with van der Waals surface area (Å²) in [6, 6.07) is 8.41. The van der Waals surface area contributed by atoms with Crippen LogP contribution in [0.1, 0.15) is 51.6 Å². The Kier molecular flexibility index (Phi) is 5.92. The van der Waals surface area contributed by atoms with Crippen LogP contribution in [0.15, 0.2) is 30.3 Å². The van der Waals surface area contributed by atoms with Crippen molar-refractivity contribution >= 4 is 34.8 Å². The van der Waals surface area contributed by atoms with E-state index < -0.39 is 64.7 Å². The Labute approximate surface area is 217 Å². The van der Waals surface area contributed by atoms with Gasteiger partial charge in [0.15, 0.2) is 40.4 Å². The van der Waals surface area contributed by atoms with Crippen LogP contribution in [0.25, 0.3) is 11.1 Å². The quantitative estimate of drug-likeness (QED) is 0.332. The highest BCUT2D eigenvalue weighted by atomic mass is 16.3. The second-order valence-corrected chi connectivity index (χ2v) is 10.4. The first-order chi connectivity index (χ1) is 17.9. The number of benzene rings is 2. The molecule has 6 N–H and O–H groups in total. The lowest BCUT2D eigenvalue weighted by Crippen LogP contribution is -2.68. The summed E-state index contributed by atoms with van der Waals surface area (Å²) in [4.78, 5) is 76.9. The Balaban J connectivity index is 1.67. The van der Waals surface area contributed by atoms with E-state index in [4.69, 9.17) is 11.5 Å². The van der Waals surface area contributed by atoms with Gasteiger partial charge in [0.05, 0.1) is 11.5 Å². The van der Waals surface area contributed by atoms with E-state index >= 15 is 0 Å². The second-order valence-electron chi connectivity index (χ2n) is 10.4. The number of amides is 1. The summed E-state index contributed by atoms with van der Waals surface area (Å²) in [7, 11) is 0. The summed E-state index contributed by atoms with van der Waals surface area (Å²) in [5.41, 5.74) is 10.5. The molecule has 10 nitrogen and oxygen atoms in total. The number of phenolic OH excluding ortho intramolecular Hbond substituents is 1. The van der Waals surface area contributed by atoms with Gasteiger partial charge in [-0.1, -0.05) is 18.2 Å². The molecule has 3 aliphatic carbocycles. The molecule has 0 aliphatic heterocycles. The maximum atomic E-state index is 13.9. The molecule has 0 radical (unpaired) electrons. The van der Waals surface area contributed by atoms with Gasteiger partial charge in [0.25, 0.3) is 0 Å². The Morgan fingerprint density at radius 1 is 1.08 bits per heavy atom. The van der Waals surface area contributed by atoms with Crippen molar-refractivity contribution in [2.45, 2.75) is 38.3 Å². The van der Waals surface area contributed by atoms with Crippen LogP contribution < -0.4 is 11.5 Å². The lowest BCUT2D eigenvalue weighted by molar-refractivity contribution is -0.175. The molecule has 2 aromatic carbocycles. The molecule has 2 aromatic rings. The number of ketones is 5. The van der Waals surface area contributed by atoms with Gasteiger partial charge in [-0.05, 0) is 54.5 Å². The van der Waals surface area contributed by atoms with E-state index in [2.05, 4.69) is 0 Å². The number of phenols is 1. The first-order valence-electron chi connectivity index (χ1n) is 12.3. The SMILES string of the molecule is CC(=O)c1cccc(-c2cc(CN)c(O)c3c2C[C@H]2C[C@H]4CC(=O)C(C(N)=O)C(=O)[C@@]4(O)C(=O)C2C3=O)c1. The molecule has 5 rings (SSSR count). The summed E-state index contributed by atoms with van der Waals surface area (Å²) in [6.45, 7) is 1.30. The van der Waals surface area contributed by atoms with Gasteiger partial charge in [0, 0.05) is 30.0 Å². The van der Waals surface area contributed by atoms with Crippen molar-refractivity contribution in [3.63, 3.8) is 0 Å². The molecule has 0 saturated heterocycles. The lowest BCUT2D eigenvalue weighted by Gasteiger charge is -2.48. The highest BCUT2D eigenvalue weighted by Crippen LogP contribution is 2.51. The van der Waals surface area contributed by atoms with E-state index in [9.17, 15) is 39.0 Å². The zero-order chi connectivity index (χ0) is 27.7. The van der Waals surface area contributed by atoms with E-state index in [0.29, 0.717) is 22.3 Å². The topological polar surface area (TPSA) is 195 Å². The summed E-state index contributed by atoms with van der Waals surface area (Å²) in [6.07, 6.45) is -0.284. The van der Waals surface area contributed by atoms with Crippen LogP contribution in [-0.4, -0.2) is 50.6 Å². The third-order valence-corrected chi connectivity index (χ3v) is 8.28. The normalized spacial score (nSPS) is 28.4. The Hall–Kier alpha value is -4.02. The molecule has 2 fully saturated rings. The number of hydrogen-bond acceptors (Lipinski definition) is 9. The summed E-state index contributed by atoms with van der Waals surface area (Å²) in [5.74, 6) is -10.9. The Bertz CT molecular complexity index is 1480. The number of aliphatic hydroxyl groups is 1. The van der Waals surface area contributed by atoms with Crippen molar-refractivity contribution in [3.8, 4) is 16.9 Å². The van der Waals surface area contributed by atoms with E-state index in [0.717, 1.165) is 0 Å². The number of nitrogens with two attached hydrogens (primary N) is 2. The average molecular weight is 519 g/mol. The van der Waals surface area contributed by atoms with Gasteiger partial charge < -0.3 is 21.7 Å². The van der Waals surface area contributed by atoms with E-state index in [1.165, 1.54) is 6.92 Å². The highest BCUT2D eigenvalue weighted by Gasteiger charge is 2.66. The molecule has 5 atom stereocenters.